The molecule has 2 atom stereocenters. The van der Waals surface area contributed by atoms with Gasteiger partial charge in [0.05, 0.1) is 5.56 Å². The number of aromatic nitrogens is 1. The summed E-state index contributed by atoms with van der Waals surface area (Å²) in [6.07, 6.45) is 5.08. The lowest BCUT2D eigenvalue weighted by atomic mass is 9.65. The van der Waals surface area contributed by atoms with Gasteiger partial charge in [-0.1, -0.05) is 26.8 Å². The summed E-state index contributed by atoms with van der Waals surface area (Å²) >= 11 is 0. The molecule has 1 saturated heterocycles. The molecule has 2 aromatic rings. The zero-order chi connectivity index (χ0) is 17.1. The van der Waals surface area contributed by atoms with E-state index >= 15 is 0 Å². The number of H-pyrrole nitrogens is 1. The molecule has 1 N–H and O–H groups in total. The third-order valence-electron chi connectivity index (χ3n) is 5.72. The Morgan fingerprint density at radius 1 is 1.33 bits per heavy atom. The first kappa shape index (κ1) is 15.3. The Morgan fingerprint density at radius 3 is 2.88 bits per heavy atom. The number of nitrogens with zero attached hydrogens (tertiary/aromatic N) is 2. The average Bonchev–Trinajstić information content (AvgIpc) is 3.02. The Kier molecular flexibility index (Phi) is 3.09. The maximum absolute atomic E-state index is 13.1. The van der Waals surface area contributed by atoms with Gasteiger partial charge in [-0.2, -0.15) is 5.26 Å². The van der Waals surface area contributed by atoms with Gasteiger partial charge in [0.1, 0.15) is 6.07 Å². The Hall–Kier alpha value is -2.28. The number of likely N-dealkylation sites (tertiary alicyclic amines) is 1. The van der Waals surface area contributed by atoms with Gasteiger partial charge in [-0.05, 0) is 42.2 Å². The van der Waals surface area contributed by atoms with Crippen molar-refractivity contribution in [3.8, 4) is 6.07 Å². The van der Waals surface area contributed by atoms with Crippen LogP contribution < -0.4 is 0 Å². The van der Waals surface area contributed by atoms with Gasteiger partial charge in [0.25, 0.3) is 5.91 Å². The van der Waals surface area contributed by atoms with Gasteiger partial charge in [0, 0.05) is 35.2 Å². The molecule has 4 heteroatoms. The van der Waals surface area contributed by atoms with E-state index in [1.165, 1.54) is 6.42 Å². The number of nitriles is 1. The van der Waals surface area contributed by atoms with E-state index in [1.807, 2.05) is 18.2 Å². The predicted octanol–water partition coefficient (Wildman–Crippen LogP) is 4.08. The molecule has 2 aliphatic rings. The Bertz CT molecular complexity index is 873. The van der Waals surface area contributed by atoms with Crippen molar-refractivity contribution in [3.63, 3.8) is 0 Å². The molecule has 2 unspecified atom stereocenters. The predicted molar refractivity (Wildman–Crippen MR) is 93.6 cm³/mol. The van der Waals surface area contributed by atoms with Crippen molar-refractivity contribution in [1.82, 2.24) is 9.88 Å². The minimum Gasteiger partial charge on any atom is -0.360 e. The lowest BCUT2D eigenvalue weighted by molar-refractivity contribution is 0.0708. The molecule has 0 radical (unpaired) electrons. The number of nitrogens with one attached hydrogen (secondary N) is 1. The third kappa shape index (κ3) is 2.31. The van der Waals surface area contributed by atoms with E-state index in [0.717, 1.165) is 30.3 Å². The Morgan fingerprint density at radius 2 is 2.12 bits per heavy atom. The maximum atomic E-state index is 13.1. The summed E-state index contributed by atoms with van der Waals surface area (Å²) in [7, 11) is 0. The van der Waals surface area contributed by atoms with Crippen LogP contribution in [0.4, 0.5) is 0 Å². The second-order valence-electron chi connectivity index (χ2n) is 8.72. The van der Waals surface area contributed by atoms with Crippen molar-refractivity contribution in [3.05, 3.63) is 35.5 Å². The van der Waals surface area contributed by atoms with Gasteiger partial charge >= 0.3 is 0 Å². The molecular weight excluding hydrogens is 298 g/mol. The summed E-state index contributed by atoms with van der Waals surface area (Å²) in [6, 6.07) is 8.14. The van der Waals surface area contributed by atoms with E-state index in [1.54, 1.807) is 6.20 Å². The number of hydrogen-bond donors (Lipinski definition) is 1. The van der Waals surface area contributed by atoms with Crippen LogP contribution in [-0.2, 0) is 0 Å². The smallest absolute Gasteiger partial charge is 0.254 e. The molecule has 1 aromatic carbocycles. The van der Waals surface area contributed by atoms with E-state index < -0.39 is 0 Å². The number of benzene rings is 1. The van der Waals surface area contributed by atoms with E-state index in [-0.39, 0.29) is 11.3 Å². The fourth-order valence-electron chi connectivity index (χ4n) is 5.21. The normalized spacial score (nSPS) is 28.1. The fourth-order valence-corrected chi connectivity index (χ4v) is 5.21. The van der Waals surface area contributed by atoms with Crippen molar-refractivity contribution in [2.45, 2.75) is 46.1 Å². The van der Waals surface area contributed by atoms with Crippen molar-refractivity contribution in [1.29, 1.82) is 5.26 Å². The van der Waals surface area contributed by atoms with Crippen molar-refractivity contribution >= 4 is 16.8 Å². The lowest BCUT2D eigenvalue weighted by Gasteiger charge is -2.39. The van der Waals surface area contributed by atoms with Gasteiger partial charge in [-0.3, -0.25) is 4.79 Å². The highest BCUT2D eigenvalue weighted by Crippen LogP contribution is 2.52. The number of rotatable bonds is 1. The molecule has 1 aromatic heterocycles. The van der Waals surface area contributed by atoms with Gasteiger partial charge in [-0.15, -0.1) is 0 Å². The lowest BCUT2D eigenvalue weighted by Crippen LogP contribution is -2.37. The van der Waals surface area contributed by atoms with Crippen LogP contribution in [0, 0.1) is 22.2 Å². The van der Waals surface area contributed by atoms with Crippen LogP contribution in [-0.4, -0.2) is 28.4 Å². The Balaban J connectivity index is 1.66. The van der Waals surface area contributed by atoms with Crippen LogP contribution in [0.15, 0.2) is 24.4 Å². The summed E-state index contributed by atoms with van der Waals surface area (Å²) < 4.78 is 0. The first-order valence-electron chi connectivity index (χ1n) is 8.63. The minimum atomic E-state index is 0.122. The number of carbonyl (C=O) groups excluding carboxylic acids is 1. The standard InChI is InChI=1S/C20H23N3O/c1-19(2)7-15-8-20(3,11-19)12-23(15)18(24)13-4-5-16-14(9-21)10-22-17(16)6-13/h4-6,10,15,22H,7-8,11-12H2,1-3H3. The molecule has 1 aliphatic heterocycles. The summed E-state index contributed by atoms with van der Waals surface area (Å²) in [5.41, 5.74) is 2.73. The molecule has 1 saturated carbocycles. The molecule has 4 nitrogen and oxygen atoms in total. The molecule has 24 heavy (non-hydrogen) atoms. The van der Waals surface area contributed by atoms with Crippen molar-refractivity contribution in [2.75, 3.05) is 6.54 Å². The summed E-state index contributed by atoms with van der Waals surface area (Å²) in [4.78, 5) is 18.3. The number of aromatic amines is 1. The molecule has 4 rings (SSSR count). The van der Waals surface area contributed by atoms with E-state index in [9.17, 15) is 4.79 Å². The first-order chi connectivity index (χ1) is 11.3. The highest BCUT2D eigenvalue weighted by Gasteiger charge is 2.51. The SMILES string of the molecule is CC1(C)CC2CC(C)(CN2C(=O)c2ccc3c(C#N)c[nH]c3c2)C1. The van der Waals surface area contributed by atoms with Crippen LogP contribution in [0.2, 0.25) is 0 Å². The highest BCUT2D eigenvalue weighted by molar-refractivity contribution is 5.99. The zero-order valence-corrected chi connectivity index (χ0v) is 14.5. The van der Waals surface area contributed by atoms with Crippen molar-refractivity contribution < 1.29 is 4.79 Å². The van der Waals surface area contributed by atoms with E-state index in [2.05, 4.69) is 36.7 Å². The second-order valence-corrected chi connectivity index (χ2v) is 8.72. The molecule has 2 bridgehead atoms. The van der Waals surface area contributed by atoms with Crippen LogP contribution >= 0.6 is 0 Å². The van der Waals surface area contributed by atoms with Crippen LogP contribution in [0.5, 0.6) is 0 Å². The molecule has 1 aliphatic carbocycles. The Labute approximate surface area is 142 Å². The van der Waals surface area contributed by atoms with E-state index in [0.29, 0.717) is 22.6 Å². The van der Waals surface area contributed by atoms with Crippen LogP contribution in [0.25, 0.3) is 10.9 Å². The van der Waals surface area contributed by atoms with Crippen molar-refractivity contribution in [2.24, 2.45) is 10.8 Å². The largest absolute Gasteiger partial charge is 0.360 e. The second kappa shape index (κ2) is 4.86. The summed E-state index contributed by atoms with van der Waals surface area (Å²) in [6.45, 7) is 7.81. The zero-order valence-electron chi connectivity index (χ0n) is 14.5. The van der Waals surface area contributed by atoms with E-state index in [4.69, 9.17) is 5.26 Å². The van der Waals surface area contributed by atoms with Gasteiger partial charge in [-0.25, -0.2) is 0 Å². The number of carbonyl (C=O) groups is 1. The number of fused-ring (bicyclic) bond motifs is 3. The van der Waals surface area contributed by atoms with Crippen LogP contribution in [0.3, 0.4) is 0 Å². The highest BCUT2D eigenvalue weighted by atomic mass is 16.2. The molecule has 2 heterocycles. The maximum Gasteiger partial charge on any atom is 0.254 e. The summed E-state index contributed by atoms with van der Waals surface area (Å²) in [5, 5.41) is 9.99. The molecule has 124 valence electrons. The minimum absolute atomic E-state index is 0.122. The quantitative estimate of drug-likeness (QED) is 0.860. The number of hydrogen-bond acceptors (Lipinski definition) is 2. The molecule has 0 spiro atoms. The van der Waals surface area contributed by atoms with Crippen LogP contribution in [0.1, 0.15) is 56.0 Å². The van der Waals surface area contributed by atoms with Gasteiger partial charge in [0.15, 0.2) is 0 Å². The third-order valence-corrected chi connectivity index (χ3v) is 5.72. The van der Waals surface area contributed by atoms with Gasteiger partial charge < -0.3 is 9.88 Å². The molecule has 1 amide bonds. The monoisotopic (exact) mass is 321 g/mol. The molecular formula is C20H23N3O. The first-order valence-corrected chi connectivity index (χ1v) is 8.63. The fraction of sp³-hybridized carbons (Fsp3) is 0.500. The van der Waals surface area contributed by atoms with Gasteiger partial charge in [0.2, 0.25) is 0 Å². The average molecular weight is 321 g/mol. The molecule has 2 fully saturated rings. The number of amides is 1. The topological polar surface area (TPSA) is 59.9 Å². The summed E-state index contributed by atoms with van der Waals surface area (Å²) in [5.74, 6) is 0.122.